The largest absolute Gasteiger partial charge is 0.496 e. The standard InChI is InChI=1S/C19H25NO3/c1-14-8-9-18(19(12-14)22-3)23-11-10-15(13-20)16-6-4-5-7-17(16)21-2/h4-9,12,15H,10-11,13,20H2,1-3H3. The number of rotatable bonds is 8. The Morgan fingerprint density at radius 1 is 0.957 bits per heavy atom. The third kappa shape index (κ3) is 4.39. The molecule has 4 nitrogen and oxygen atoms in total. The van der Waals surface area contributed by atoms with Crippen molar-refractivity contribution in [3.8, 4) is 17.2 Å². The van der Waals surface area contributed by atoms with Gasteiger partial charge in [-0.15, -0.1) is 0 Å². The van der Waals surface area contributed by atoms with Crippen LogP contribution in [0.5, 0.6) is 17.2 Å². The second-order valence-corrected chi connectivity index (χ2v) is 5.47. The van der Waals surface area contributed by atoms with Gasteiger partial charge in [-0.3, -0.25) is 0 Å². The molecule has 4 heteroatoms. The van der Waals surface area contributed by atoms with Crippen molar-refractivity contribution in [3.63, 3.8) is 0 Å². The number of ether oxygens (including phenoxy) is 3. The highest BCUT2D eigenvalue weighted by Gasteiger charge is 2.15. The molecule has 0 spiro atoms. The molecule has 0 saturated carbocycles. The van der Waals surface area contributed by atoms with Crippen LogP contribution in [0.25, 0.3) is 0 Å². The second kappa shape index (κ2) is 8.44. The Morgan fingerprint density at radius 3 is 2.39 bits per heavy atom. The van der Waals surface area contributed by atoms with Gasteiger partial charge in [-0.05, 0) is 49.2 Å². The lowest BCUT2D eigenvalue weighted by molar-refractivity contribution is 0.278. The smallest absolute Gasteiger partial charge is 0.161 e. The van der Waals surface area contributed by atoms with E-state index in [4.69, 9.17) is 19.9 Å². The lowest BCUT2D eigenvalue weighted by atomic mass is 9.95. The summed E-state index contributed by atoms with van der Waals surface area (Å²) in [4.78, 5) is 0. The molecule has 124 valence electrons. The van der Waals surface area contributed by atoms with Crippen molar-refractivity contribution in [2.24, 2.45) is 5.73 Å². The molecule has 0 bridgehead atoms. The number of para-hydroxylation sites is 1. The van der Waals surface area contributed by atoms with Gasteiger partial charge < -0.3 is 19.9 Å². The van der Waals surface area contributed by atoms with E-state index in [0.29, 0.717) is 13.2 Å². The molecule has 0 amide bonds. The highest BCUT2D eigenvalue weighted by atomic mass is 16.5. The topological polar surface area (TPSA) is 53.7 Å². The van der Waals surface area contributed by atoms with E-state index in [0.717, 1.165) is 34.8 Å². The SMILES string of the molecule is COc1cc(C)ccc1OCCC(CN)c1ccccc1OC. The van der Waals surface area contributed by atoms with Gasteiger partial charge in [0.05, 0.1) is 20.8 Å². The van der Waals surface area contributed by atoms with Crippen LogP contribution in [0.4, 0.5) is 0 Å². The fraction of sp³-hybridized carbons (Fsp3) is 0.368. The minimum Gasteiger partial charge on any atom is -0.496 e. The van der Waals surface area contributed by atoms with Crippen LogP contribution in [-0.4, -0.2) is 27.4 Å². The zero-order chi connectivity index (χ0) is 16.7. The first-order valence-electron chi connectivity index (χ1n) is 7.80. The van der Waals surface area contributed by atoms with Gasteiger partial charge in [0.1, 0.15) is 5.75 Å². The van der Waals surface area contributed by atoms with Crippen LogP contribution >= 0.6 is 0 Å². The van der Waals surface area contributed by atoms with Gasteiger partial charge in [0.2, 0.25) is 0 Å². The van der Waals surface area contributed by atoms with Crippen LogP contribution in [0.2, 0.25) is 0 Å². The van der Waals surface area contributed by atoms with E-state index in [2.05, 4.69) is 6.07 Å². The van der Waals surface area contributed by atoms with Crippen molar-refractivity contribution >= 4 is 0 Å². The number of hydrogen-bond acceptors (Lipinski definition) is 4. The van der Waals surface area contributed by atoms with E-state index < -0.39 is 0 Å². The summed E-state index contributed by atoms with van der Waals surface area (Å²) in [5.74, 6) is 2.58. The van der Waals surface area contributed by atoms with Gasteiger partial charge in [0.15, 0.2) is 11.5 Å². The number of benzene rings is 2. The van der Waals surface area contributed by atoms with Gasteiger partial charge in [0.25, 0.3) is 0 Å². The molecule has 0 saturated heterocycles. The number of hydrogen-bond donors (Lipinski definition) is 1. The molecule has 1 unspecified atom stereocenters. The van der Waals surface area contributed by atoms with E-state index in [1.165, 1.54) is 0 Å². The summed E-state index contributed by atoms with van der Waals surface area (Å²) in [6.45, 7) is 3.15. The molecule has 0 fully saturated rings. The van der Waals surface area contributed by atoms with Crippen LogP contribution in [0.15, 0.2) is 42.5 Å². The first-order chi connectivity index (χ1) is 11.2. The Hall–Kier alpha value is -2.20. The minimum atomic E-state index is 0.197. The molecule has 0 aromatic heterocycles. The minimum absolute atomic E-state index is 0.197. The van der Waals surface area contributed by atoms with E-state index in [1.807, 2.05) is 43.3 Å². The van der Waals surface area contributed by atoms with Crippen LogP contribution < -0.4 is 19.9 Å². The molecule has 1 atom stereocenters. The summed E-state index contributed by atoms with van der Waals surface area (Å²) in [7, 11) is 3.33. The Balaban J connectivity index is 2.01. The number of nitrogens with two attached hydrogens (primary N) is 1. The number of aryl methyl sites for hydroxylation is 1. The summed E-state index contributed by atoms with van der Waals surface area (Å²) in [5, 5.41) is 0. The molecule has 2 aromatic carbocycles. The highest BCUT2D eigenvalue weighted by Crippen LogP contribution is 2.30. The van der Waals surface area contributed by atoms with Gasteiger partial charge in [-0.1, -0.05) is 24.3 Å². The Labute approximate surface area is 138 Å². The number of methoxy groups -OCH3 is 2. The summed E-state index contributed by atoms with van der Waals surface area (Å²) >= 11 is 0. The van der Waals surface area contributed by atoms with Crippen molar-refractivity contribution in [2.45, 2.75) is 19.3 Å². The molecule has 2 N–H and O–H groups in total. The summed E-state index contributed by atoms with van der Waals surface area (Å²) in [6, 6.07) is 13.9. The van der Waals surface area contributed by atoms with E-state index in [9.17, 15) is 0 Å². The maximum absolute atomic E-state index is 5.95. The predicted molar refractivity (Wildman–Crippen MR) is 92.6 cm³/mol. The summed E-state index contributed by atoms with van der Waals surface area (Å²) < 4.78 is 16.7. The average molecular weight is 315 g/mol. The van der Waals surface area contributed by atoms with Crippen LogP contribution in [0.3, 0.4) is 0 Å². The van der Waals surface area contributed by atoms with Gasteiger partial charge in [0, 0.05) is 5.92 Å². The zero-order valence-electron chi connectivity index (χ0n) is 14.0. The molecular weight excluding hydrogens is 290 g/mol. The molecule has 2 aromatic rings. The van der Waals surface area contributed by atoms with E-state index in [-0.39, 0.29) is 5.92 Å². The maximum atomic E-state index is 5.95. The molecule has 2 rings (SSSR count). The quantitative estimate of drug-likeness (QED) is 0.810. The van der Waals surface area contributed by atoms with Crippen LogP contribution in [0.1, 0.15) is 23.5 Å². The monoisotopic (exact) mass is 315 g/mol. The van der Waals surface area contributed by atoms with Gasteiger partial charge in [-0.25, -0.2) is 0 Å². The summed E-state index contributed by atoms with van der Waals surface area (Å²) in [6.07, 6.45) is 0.813. The summed E-state index contributed by atoms with van der Waals surface area (Å²) in [5.41, 5.74) is 8.21. The molecule has 0 aliphatic rings. The van der Waals surface area contributed by atoms with Crippen molar-refractivity contribution in [2.75, 3.05) is 27.4 Å². The van der Waals surface area contributed by atoms with Gasteiger partial charge >= 0.3 is 0 Å². The molecule has 0 radical (unpaired) electrons. The predicted octanol–water partition coefficient (Wildman–Crippen LogP) is 3.52. The first kappa shape index (κ1) is 17.2. The average Bonchev–Trinajstić information content (AvgIpc) is 2.59. The Kier molecular flexibility index (Phi) is 6.29. The van der Waals surface area contributed by atoms with E-state index in [1.54, 1.807) is 14.2 Å². The van der Waals surface area contributed by atoms with Crippen molar-refractivity contribution in [1.29, 1.82) is 0 Å². The third-order valence-electron chi connectivity index (χ3n) is 3.91. The van der Waals surface area contributed by atoms with Gasteiger partial charge in [-0.2, -0.15) is 0 Å². The zero-order valence-corrected chi connectivity index (χ0v) is 14.0. The van der Waals surface area contributed by atoms with Crippen LogP contribution in [-0.2, 0) is 0 Å². The normalized spacial score (nSPS) is 11.8. The Morgan fingerprint density at radius 2 is 1.70 bits per heavy atom. The third-order valence-corrected chi connectivity index (χ3v) is 3.91. The second-order valence-electron chi connectivity index (χ2n) is 5.47. The van der Waals surface area contributed by atoms with Crippen molar-refractivity contribution in [1.82, 2.24) is 0 Å². The Bertz CT molecular complexity index is 628. The molecule has 0 heterocycles. The molecule has 23 heavy (non-hydrogen) atoms. The molecular formula is C19H25NO3. The fourth-order valence-electron chi connectivity index (χ4n) is 2.61. The van der Waals surface area contributed by atoms with Crippen LogP contribution in [0, 0.1) is 6.92 Å². The van der Waals surface area contributed by atoms with E-state index >= 15 is 0 Å². The van der Waals surface area contributed by atoms with Crippen molar-refractivity contribution < 1.29 is 14.2 Å². The lowest BCUT2D eigenvalue weighted by Crippen LogP contribution is -2.16. The first-order valence-corrected chi connectivity index (χ1v) is 7.80. The molecule has 0 aliphatic carbocycles. The van der Waals surface area contributed by atoms with Crippen molar-refractivity contribution in [3.05, 3.63) is 53.6 Å². The lowest BCUT2D eigenvalue weighted by Gasteiger charge is -2.19. The maximum Gasteiger partial charge on any atom is 0.161 e. The fourth-order valence-corrected chi connectivity index (χ4v) is 2.61. The molecule has 0 aliphatic heterocycles. The highest BCUT2D eigenvalue weighted by molar-refractivity contribution is 5.42.